The molecule has 1 heterocycles. The monoisotopic (exact) mass is 223 g/mol. The zero-order valence-corrected chi connectivity index (χ0v) is 10.2. The summed E-state index contributed by atoms with van der Waals surface area (Å²) in [5.41, 5.74) is 1.92. The van der Waals surface area contributed by atoms with Gasteiger partial charge in [-0.1, -0.05) is 13.3 Å². The molecule has 1 aromatic rings. The van der Waals surface area contributed by atoms with Gasteiger partial charge in [-0.15, -0.1) is 0 Å². The first kappa shape index (κ1) is 13.1. The molecule has 0 bridgehead atoms. The average Bonchev–Trinajstić information content (AvgIpc) is 2.30. The highest BCUT2D eigenvalue weighted by Gasteiger charge is 1.94. The van der Waals surface area contributed by atoms with Crippen molar-refractivity contribution in [3.8, 4) is 0 Å². The summed E-state index contributed by atoms with van der Waals surface area (Å²) in [6.07, 6.45) is 5.92. The Morgan fingerprint density at radius 2 is 2.12 bits per heavy atom. The molecule has 0 saturated carbocycles. The molecule has 16 heavy (non-hydrogen) atoms. The van der Waals surface area contributed by atoms with Crippen LogP contribution in [0.2, 0.25) is 0 Å². The van der Waals surface area contributed by atoms with E-state index < -0.39 is 0 Å². The Morgan fingerprint density at radius 1 is 1.25 bits per heavy atom. The predicted octanol–water partition coefficient (Wildman–Crippen LogP) is 1.69. The molecule has 0 amide bonds. The summed E-state index contributed by atoms with van der Waals surface area (Å²) in [7, 11) is 0. The van der Waals surface area contributed by atoms with Gasteiger partial charge in [-0.05, 0) is 13.3 Å². The van der Waals surface area contributed by atoms with Crippen molar-refractivity contribution in [2.75, 3.05) is 19.8 Å². The molecule has 0 spiro atoms. The second-order valence-electron chi connectivity index (χ2n) is 3.79. The predicted molar refractivity (Wildman–Crippen MR) is 64.2 cm³/mol. The van der Waals surface area contributed by atoms with E-state index in [0.717, 1.165) is 44.1 Å². The maximum atomic E-state index is 5.43. The summed E-state index contributed by atoms with van der Waals surface area (Å²) < 4.78 is 5.43. The number of unbranched alkanes of at least 4 members (excludes halogenated alkanes) is 1. The Hall–Kier alpha value is -1.00. The lowest BCUT2D eigenvalue weighted by Crippen LogP contribution is -2.20. The summed E-state index contributed by atoms with van der Waals surface area (Å²) in [5, 5.41) is 3.27. The first-order valence-electron chi connectivity index (χ1n) is 5.89. The van der Waals surface area contributed by atoms with Crippen LogP contribution in [0.5, 0.6) is 0 Å². The van der Waals surface area contributed by atoms with Crippen LogP contribution in [-0.2, 0) is 11.3 Å². The lowest BCUT2D eigenvalue weighted by atomic mass is 10.4. The van der Waals surface area contributed by atoms with Crippen LogP contribution < -0.4 is 5.32 Å². The molecule has 0 fully saturated rings. The molecule has 0 aliphatic rings. The van der Waals surface area contributed by atoms with Crippen molar-refractivity contribution in [3.05, 3.63) is 23.8 Å². The number of ether oxygens (including phenoxy) is 1. The first-order valence-corrected chi connectivity index (χ1v) is 5.89. The molecule has 0 saturated heterocycles. The minimum Gasteiger partial charge on any atom is -0.380 e. The fourth-order valence-corrected chi connectivity index (χ4v) is 1.22. The highest BCUT2D eigenvalue weighted by Crippen LogP contribution is 1.93. The number of rotatable bonds is 8. The van der Waals surface area contributed by atoms with Crippen molar-refractivity contribution in [3.63, 3.8) is 0 Å². The second kappa shape index (κ2) is 8.19. The van der Waals surface area contributed by atoms with E-state index in [2.05, 4.69) is 22.2 Å². The van der Waals surface area contributed by atoms with E-state index in [1.54, 1.807) is 12.4 Å². The molecule has 4 heteroatoms. The molecule has 0 aromatic carbocycles. The quantitative estimate of drug-likeness (QED) is 0.681. The van der Waals surface area contributed by atoms with Crippen LogP contribution in [0.25, 0.3) is 0 Å². The van der Waals surface area contributed by atoms with Crippen LogP contribution in [0.3, 0.4) is 0 Å². The molecule has 0 unspecified atom stereocenters. The Bertz CT molecular complexity index is 274. The van der Waals surface area contributed by atoms with Gasteiger partial charge >= 0.3 is 0 Å². The van der Waals surface area contributed by atoms with Crippen molar-refractivity contribution in [1.29, 1.82) is 0 Å². The summed E-state index contributed by atoms with van der Waals surface area (Å²) in [6.45, 7) is 7.34. The molecular formula is C12H21N3O. The molecule has 1 N–H and O–H groups in total. The fraction of sp³-hybridized carbons (Fsp3) is 0.667. The lowest BCUT2D eigenvalue weighted by Gasteiger charge is -2.05. The zero-order chi connectivity index (χ0) is 11.6. The van der Waals surface area contributed by atoms with E-state index in [1.807, 2.05) is 6.92 Å². The highest BCUT2D eigenvalue weighted by molar-refractivity contribution is 4.99. The second-order valence-corrected chi connectivity index (χ2v) is 3.79. The van der Waals surface area contributed by atoms with E-state index in [4.69, 9.17) is 4.74 Å². The maximum absolute atomic E-state index is 5.43. The smallest absolute Gasteiger partial charge is 0.0724 e. The number of hydrogen-bond acceptors (Lipinski definition) is 4. The van der Waals surface area contributed by atoms with Crippen LogP contribution in [-0.4, -0.2) is 29.7 Å². The van der Waals surface area contributed by atoms with Crippen molar-refractivity contribution in [2.24, 2.45) is 0 Å². The molecule has 0 aliphatic heterocycles. The van der Waals surface area contributed by atoms with Gasteiger partial charge in [-0.25, -0.2) is 0 Å². The van der Waals surface area contributed by atoms with Gasteiger partial charge in [0, 0.05) is 32.1 Å². The number of nitrogens with one attached hydrogen (secondary N) is 1. The molecule has 0 radical (unpaired) electrons. The molecule has 1 rings (SSSR count). The molecule has 0 atom stereocenters. The van der Waals surface area contributed by atoms with Gasteiger partial charge < -0.3 is 10.1 Å². The fourth-order valence-electron chi connectivity index (χ4n) is 1.22. The standard InChI is InChI=1S/C12H21N3O/c1-3-4-6-16-7-5-13-9-12-10-14-11(2)8-15-12/h8,10,13H,3-7,9H2,1-2H3. The van der Waals surface area contributed by atoms with Crippen LogP contribution in [0.4, 0.5) is 0 Å². The Labute approximate surface area is 97.5 Å². The van der Waals surface area contributed by atoms with Crippen molar-refractivity contribution < 1.29 is 4.74 Å². The maximum Gasteiger partial charge on any atom is 0.0724 e. The molecule has 4 nitrogen and oxygen atoms in total. The first-order chi connectivity index (χ1) is 7.83. The molecule has 1 aromatic heterocycles. The minimum atomic E-state index is 0.754. The molecular weight excluding hydrogens is 202 g/mol. The summed E-state index contributed by atoms with van der Waals surface area (Å²) >= 11 is 0. The number of aromatic nitrogens is 2. The zero-order valence-electron chi connectivity index (χ0n) is 10.2. The molecule has 90 valence electrons. The van der Waals surface area contributed by atoms with E-state index in [0.29, 0.717) is 0 Å². The molecule has 0 aliphatic carbocycles. The van der Waals surface area contributed by atoms with Crippen LogP contribution in [0.1, 0.15) is 31.2 Å². The Kier molecular flexibility index (Phi) is 6.69. The minimum absolute atomic E-state index is 0.754. The van der Waals surface area contributed by atoms with Crippen molar-refractivity contribution in [2.45, 2.75) is 33.2 Å². The highest BCUT2D eigenvalue weighted by atomic mass is 16.5. The van der Waals surface area contributed by atoms with Gasteiger partial charge in [0.2, 0.25) is 0 Å². The summed E-state index contributed by atoms with van der Waals surface area (Å²) in [4.78, 5) is 8.44. The van der Waals surface area contributed by atoms with E-state index >= 15 is 0 Å². The normalized spacial score (nSPS) is 10.6. The van der Waals surface area contributed by atoms with E-state index in [1.165, 1.54) is 6.42 Å². The Balaban J connectivity index is 2.01. The Morgan fingerprint density at radius 3 is 2.81 bits per heavy atom. The van der Waals surface area contributed by atoms with Gasteiger partial charge in [0.05, 0.1) is 18.0 Å². The largest absolute Gasteiger partial charge is 0.380 e. The van der Waals surface area contributed by atoms with Crippen molar-refractivity contribution in [1.82, 2.24) is 15.3 Å². The number of nitrogens with zero attached hydrogens (tertiary/aromatic N) is 2. The topological polar surface area (TPSA) is 47.0 Å². The van der Waals surface area contributed by atoms with Gasteiger partial charge in [0.15, 0.2) is 0 Å². The third-order valence-corrected chi connectivity index (χ3v) is 2.21. The number of hydrogen-bond donors (Lipinski definition) is 1. The average molecular weight is 223 g/mol. The van der Waals surface area contributed by atoms with E-state index in [-0.39, 0.29) is 0 Å². The summed E-state index contributed by atoms with van der Waals surface area (Å²) in [6, 6.07) is 0. The van der Waals surface area contributed by atoms with Gasteiger partial charge in [0.25, 0.3) is 0 Å². The number of aryl methyl sites for hydroxylation is 1. The van der Waals surface area contributed by atoms with E-state index in [9.17, 15) is 0 Å². The summed E-state index contributed by atoms with van der Waals surface area (Å²) in [5.74, 6) is 0. The third kappa shape index (κ3) is 5.78. The van der Waals surface area contributed by atoms with Gasteiger partial charge in [0.1, 0.15) is 0 Å². The van der Waals surface area contributed by atoms with Crippen LogP contribution in [0.15, 0.2) is 12.4 Å². The van der Waals surface area contributed by atoms with Gasteiger partial charge in [-0.3, -0.25) is 9.97 Å². The third-order valence-electron chi connectivity index (χ3n) is 2.21. The van der Waals surface area contributed by atoms with Gasteiger partial charge in [-0.2, -0.15) is 0 Å². The SMILES string of the molecule is CCCCOCCNCc1cnc(C)cn1. The lowest BCUT2D eigenvalue weighted by molar-refractivity contribution is 0.133. The van der Waals surface area contributed by atoms with Crippen molar-refractivity contribution >= 4 is 0 Å². The van der Waals surface area contributed by atoms with Crippen LogP contribution in [0, 0.1) is 6.92 Å². The van der Waals surface area contributed by atoms with Crippen LogP contribution >= 0.6 is 0 Å².